The molecule has 2 aliphatic heterocycles. The molecule has 1 aromatic heterocycles. The highest BCUT2D eigenvalue weighted by atomic mass is 32.2. The van der Waals surface area contributed by atoms with Crippen molar-refractivity contribution < 1.29 is 23.9 Å². The minimum atomic E-state index is -1.17. The van der Waals surface area contributed by atoms with Crippen LogP contribution >= 0.6 is 34.9 Å². The molecule has 0 bridgehead atoms. The van der Waals surface area contributed by atoms with Gasteiger partial charge in [-0.05, 0) is 30.2 Å². The van der Waals surface area contributed by atoms with Gasteiger partial charge in [-0.25, -0.2) is 14.0 Å². The topological polar surface area (TPSA) is 125 Å². The molecule has 1 fully saturated rings. The number of aliphatic carboxylic acids is 1. The number of aromatic nitrogens is 2. The molecule has 2 atom stereocenters. The SMILES string of the molecule is Cc1nnc(SCC2=C(C(=O)O)N3C(=O)C(NC(=O)NCc4ccc(F)cc4)[C@@H]3SC2)s1. The van der Waals surface area contributed by atoms with Gasteiger partial charge in [0.1, 0.15) is 27.9 Å². The molecule has 2 aliphatic rings. The highest BCUT2D eigenvalue weighted by molar-refractivity contribution is 8.01. The molecular formula is C19H18FN5O4S3. The van der Waals surface area contributed by atoms with Crippen molar-refractivity contribution in [3.05, 3.63) is 51.9 Å². The van der Waals surface area contributed by atoms with E-state index in [-0.39, 0.29) is 18.1 Å². The number of halogens is 1. The van der Waals surface area contributed by atoms with Gasteiger partial charge in [0.05, 0.1) is 0 Å². The Kier molecular flexibility index (Phi) is 6.67. The van der Waals surface area contributed by atoms with Crippen molar-refractivity contribution in [3.63, 3.8) is 0 Å². The van der Waals surface area contributed by atoms with E-state index in [1.807, 2.05) is 6.92 Å². The highest BCUT2D eigenvalue weighted by Crippen LogP contribution is 2.41. The highest BCUT2D eigenvalue weighted by Gasteiger charge is 2.54. The number of carboxylic acids is 1. The Morgan fingerprint density at radius 3 is 2.72 bits per heavy atom. The Morgan fingerprint density at radius 2 is 2.06 bits per heavy atom. The molecule has 3 amide bonds. The molecule has 1 aromatic carbocycles. The number of β-lactam (4-membered cyclic amide) rings is 1. The maximum atomic E-state index is 13.0. The zero-order chi connectivity index (χ0) is 22.8. The van der Waals surface area contributed by atoms with Crippen molar-refractivity contribution in [2.75, 3.05) is 11.5 Å². The summed E-state index contributed by atoms with van der Waals surface area (Å²) in [6.07, 6.45) is 0. The number of carbonyl (C=O) groups excluding carboxylic acids is 2. The molecule has 0 aliphatic carbocycles. The van der Waals surface area contributed by atoms with E-state index in [0.29, 0.717) is 22.6 Å². The van der Waals surface area contributed by atoms with Crippen LogP contribution in [0, 0.1) is 12.7 Å². The summed E-state index contributed by atoms with van der Waals surface area (Å²) in [5, 5.41) is 23.3. The average molecular weight is 496 g/mol. The molecule has 13 heteroatoms. The van der Waals surface area contributed by atoms with Gasteiger partial charge in [0.25, 0.3) is 5.91 Å². The Morgan fingerprint density at radius 1 is 1.31 bits per heavy atom. The normalized spacial score (nSPS) is 19.9. The first-order valence-electron chi connectivity index (χ1n) is 9.45. The van der Waals surface area contributed by atoms with Gasteiger partial charge in [0.15, 0.2) is 4.34 Å². The number of amides is 3. The summed E-state index contributed by atoms with van der Waals surface area (Å²) in [4.78, 5) is 38.1. The van der Waals surface area contributed by atoms with Gasteiger partial charge >= 0.3 is 12.0 Å². The number of rotatable bonds is 7. The van der Waals surface area contributed by atoms with Crippen LogP contribution in [0.25, 0.3) is 0 Å². The lowest BCUT2D eigenvalue weighted by Gasteiger charge is -2.49. The number of urea groups is 1. The molecule has 32 heavy (non-hydrogen) atoms. The molecule has 0 spiro atoms. The van der Waals surface area contributed by atoms with E-state index in [1.165, 1.54) is 51.9 Å². The van der Waals surface area contributed by atoms with Crippen molar-refractivity contribution >= 4 is 52.8 Å². The van der Waals surface area contributed by atoms with Crippen LogP contribution < -0.4 is 10.6 Å². The van der Waals surface area contributed by atoms with Crippen LogP contribution in [0.3, 0.4) is 0 Å². The fourth-order valence-electron chi connectivity index (χ4n) is 3.26. The number of nitrogens with zero attached hydrogens (tertiary/aromatic N) is 3. The first kappa shape index (κ1) is 22.6. The lowest BCUT2D eigenvalue weighted by Crippen LogP contribution is -2.71. The second-order valence-corrected chi connectivity index (χ2v) is 10.5. The third kappa shape index (κ3) is 4.74. The number of hydrogen-bond donors (Lipinski definition) is 3. The summed E-state index contributed by atoms with van der Waals surface area (Å²) in [5.74, 6) is -1.20. The Bertz CT molecular complexity index is 1090. The number of nitrogens with one attached hydrogen (secondary N) is 2. The summed E-state index contributed by atoms with van der Waals surface area (Å²) in [6.45, 7) is 2.01. The smallest absolute Gasteiger partial charge is 0.352 e. The number of thioether (sulfide) groups is 2. The second kappa shape index (κ2) is 9.46. The number of hydrogen-bond acceptors (Lipinski definition) is 8. The summed E-state index contributed by atoms with van der Waals surface area (Å²) >= 11 is 4.21. The minimum Gasteiger partial charge on any atom is -0.477 e. The van der Waals surface area contributed by atoms with Crippen molar-refractivity contribution in [1.29, 1.82) is 0 Å². The molecular weight excluding hydrogens is 477 g/mol. The first-order valence-corrected chi connectivity index (χ1v) is 12.3. The van der Waals surface area contributed by atoms with E-state index in [1.54, 1.807) is 12.1 Å². The fraction of sp³-hybridized carbons (Fsp3) is 0.316. The number of benzene rings is 1. The molecule has 2 aromatic rings. The van der Waals surface area contributed by atoms with E-state index in [4.69, 9.17) is 0 Å². The second-order valence-electron chi connectivity index (χ2n) is 6.97. The number of carboxylic acid groups (broad SMARTS) is 1. The van der Waals surface area contributed by atoms with E-state index in [2.05, 4.69) is 20.8 Å². The maximum Gasteiger partial charge on any atom is 0.352 e. The molecule has 3 N–H and O–H groups in total. The molecule has 0 radical (unpaired) electrons. The largest absolute Gasteiger partial charge is 0.477 e. The van der Waals surface area contributed by atoms with Crippen molar-refractivity contribution in [1.82, 2.24) is 25.7 Å². The minimum absolute atomic E-state index is 0.0303. The number of carbonyl (C=O) groups is 3. The monoisotopic (exact) mass is 495 g/mol. The molecule has 3 heterocycles. The van der Waals surface area contributed by atoms with E-state index >= 15 is 0 Å². The summed E-state index contributed by atoms with van der Waals surface area (Å²) in [6, 6.07) is 4.32. The Labute approximate surface area is 194 Å². The molecule has 1 unspecified atom stereocenters. The number of fused-ring (bicyclic) bond motifs is 1. The third-order valence-corrected chi connectivity index (χ3v) is 8.18. The molecule has 4 rings (SSSR count). The first-order chi connectivity index (χ1) is 15.3. The van der Waals surface area contributed by atoms with Crippen LogP contribution in [-0.4, -0.2) is 61.0 Å². The standard InChI is InChI=1S/C19H18FN5O4S3/c1-9-23-24-19(32-9)31-8-11-7-30-16-13(15(26)25(16)14(11)17(27)28)22-18(29)21-6-10-2-4-12(20)5-3-10/h2-5,13,16H,6-8H2,1H3,(H,27,28)(H2,21,22,29)/t13?,16-/m0/s1. The lowest BCUT2D eigenvalue weighted by atomic mass is 10.0. The predicted molar refractivity (Wildman–Crippen MR) is 119 cm³/mol. The van der Waals surface area contributed by atoms with Gasteiger partial charge in [0.2, 0.25) is 0 Å². The van der Waals surface area contributed by atoms with Gasteiger partial charge < -0.3 is 15.7 Å². The molecule has 0 saturated carbocycles. The lowest BCUT2D eigenvalue weighted by molar-refractivity contribution is -0.148. The quantitative estimate of drug-likeness (QED) is 0.395. The Hall–Kier alpha value is -2.64. The van der Waals surface area contributed by atoms with E-state index < -0.39 is 29.3 Å². The molecule has 1 saturated heterocycles. The van der Waals surface area contributed by atoms with Gasteiger partial charge in [0, 0.05) is 18.1 Å². The van der Waals surface area contributed by atoms with Gasteiger partial charge in [-0.2, -0.15) is 0 Å². The van der Waals surface area contributed by atoms with Crippen molar-refractivity contribution in [2.45, 2.75) is 29.2 Å². The zero-order valence-electron chi connectivity index (χ0n) is 16.7. The summed E-state index contributed by atoms with van der Waals surface area (Å²) in [5.41, 5.74) is 1.31. The van der Waals surface area contributed by atoms with Crippen LogP contribution in [0.4, 0.5) is 9.18 Å². The third-order valence-electron chi connectivity index (χ3n) is 4.78. The van der Waals surface area contributed by atoms with Gasteiger partial charge in [-0.3, -0.25) is 9.69 Å². The van der Waals surface area contributed by atoms with Crippen LogP contribution in [0.1, 0.15) is 10.6 Å². The van der Waals surface area contributed by atoms with E-state index in [9.17, 15) is 23.9 Å². The van der Waals surface area contributed by atoms with Crippen molar-refractivity contribution in [3.8, 4) is 0 Å². The van der Waals surface area contributed by atoms with Crippen molar-refractivity contribution in [2.24, 2.45) is 0 Å². The molecule has 168 valence electrons. The van der Waals surface area contributed by atoms with Gasteiger partial charge in [-0.1, -0.05) is 35.2 Å². The maximum absolute atomic E-state index is 13.0. The fourth-order valence-corrected chi connectivity index (χ4v) is 6.56. The Balaban J connectivity index is 1.37. The van der Waals surface area contributed by atoms with Crippen LogP contribution in [0.5, 0.6) is 0 Å². The summed E-state index contributed by atoms with van der Waals surface area (Å²) in [7, 11) is 0. The average Bonchev–Trinajstić information content (AvgIpc) is 3.19. The molecule has 9 nitrogen and oxygen atoms in total. The predicted octanol–water partition coefficient (Wildman–Crippen LogP) is 2.20. The van der Waals surface area contributed by atoms with Crippen LogP contribution in [0.2, 0.25) is 0 Å². The van der Waals surface area contributed by atoms with Gasteiger partial charge in [-0.15, -0.1) is 22.0 Å². The summed E-state index contributed by atoms with van der Waals surface area (Å²) < 4.78 is 13.7. The van der Waals surface area contributed by atoms with Crippen LogP contribution in [0.15, 0.2) is 39.9 Å². The zero-order valence-corrected chi connectivity index (χ0v) is 19.2. The van der Waals surface area contributed by atoms with E-state index in [0.717, 1.165) is 9.35 Å². The number of aryl methyl sites for hydroxylation is 1. The van der Waals surface area contributed by atoms with Crippen LogP contribution in [-0.2, 0) is 16.1 Å².